The van der Waals surface area contributed by atoms with Gasteiger partial charge in [0.15, 0.2) is 0 Å². The van der Waals surface area contributed by atoms with Gasteiger partial charge in [0.25, 0.3) is 0 Å². The molecule has 1 aliphatic rings. The van der Waals surface area contributed by atoms with Gasteiger partial charge in [-0.3, -0.25) is 4.79 Å². The van der Waals surface area contributed by atoms with E-state index < -0.39 is 17.7 Å². The molecule has 0 heterocycles. The van der Waals surface area contributed by atoms with Crippen LogP contribution in [0.25, 0.3) is 0 Å². The van der Waals surface area contributed by atoms with Gasteiger partial charge < -0.3 is 15.7 Å². The highest BCUT2D eigenvalue weighted by Gasteiger charge is 2.38. The molecule has 0 bridgehead atoms. The Kier molecular flexibility index (Phi) is 6.32. The van der Waals surface area contributed by atoms with Crippen LogP contribution in [0.3, 0.4) is 0 Å². The highest BCUT2D eigenvalue weighted by Crippen LogP contribution is 2.28. The van der Waals surface area contributed by atoms with Crippen molar-refractivity contribution >= 4 is 11.6 Å². The number of hydrogen-bond donors (Lipinski definition) is 3. The smallest absolute Gasteiger partial charge is 0.388 e. The average Bonchev–Trinajstić information content (AvgIpc) is 2.57. The van der Waals surface area contributed by atoms with Crippen LogP contribution in [0.15, 0.2) is 24.3 Å². The summed E-state index contributed by atoms with van der Waals surface area (Å²) in [4.78, 5) is 10.7. The van der Waals surface area contributed by atoms with Crippen molar-refractivity contribution in [3.8, 4) is 11.8 Å². The Hall–Kier alpha value is -2.20. The fourth-order valence-corrected chi connectivity index (χ4v) is 2.73. The minimum atomic E-state index is -4.90. The summed E-state index contributed by atoms with van der Waals surface area (Å²) >= 11 is 0. The monoisotopic (exact) mass is 354 g/mol. The number of carbonyl (C=O) groups is 1. The van der Waals surface area contributed by atoms with Gasteiger partial charge >= 0.3 is 12.1 Å². The van der Waals surface area contributed by atoms with Crippen LogP contribution in [0.2, 0.25) is 0 Å². The summed E-state index contributed by atoms with van der Waals surface area (Å²) in [5.74, 6) is 3.19. The van der Waals surface area contributed by atoms with Crippen molar-refractivity contribution in [2.45, 2.75) is 43.9 Å². The van der Waals surface area contributed by atoms with Gasteiger partial charge in [0.2, 0.25) is 0 Å². The van der Waals surface area contributed by atoms with Gasteiger partial charge in [0.1, 0.15) is 0 Å². The maximum absolute atomic E-state index is 12.0. The van der Waals surface area contributed by atoms with Crippen LogP contribution in [0, 0.1) is 11.8 Å². The minimum Gasteiger partial charge on any atom is -0.388 e. The largest absolute Gasteiger partial charge is 0.471 e. The van der Waals surface area contributed by atoms with Gasteiger partial charge in [-0.1, -0.05) is 37.2 Å². The Labute approximate surface area is 144 Å². The summed E-state index contributed by atoms with van der Waals surface area (Å²) in [5, 5.41) is 15.4. The lowest BCUT2D eigenvalue weighted by atomic mass is 9.85. The van der Waals surface area contributed by atoms with Crippen LogP contribution >= 0.6 is 0 Å². The molecular formula is C18H21F3N2O2. The zero-order chi connectivity index (χ0) is 18.3. The molecule has 0 aromatic heterocycles. The van der Waals surface area contributed by atoms with E-state index in [1.807, 2.05) is 6.07 Å². The number of amides is 1. The van der Waals surface area contributed by atoms with Crippen molar-refractivity contribution in [1.82, 2.24) is 5.32 Å². The zero-order valence-corrected chi connectivity index (χ0v) is 13.7. The highest BCUT2D eigenvalue weighted by atomic mass is 19.4. The lowest BCUT2D eigenvalue weighted by molar-refractivity contribution is -0.173. The third kappa shape index (κ3) is 6.31. The van der Waals surface area contributed by atoms with Crippen LogP contribution in [0.5, 0.6) is 0 Å². The van der Waals surface area contributed by atoms with E-state index in [1.165, 1.54) is 0 Å². The van der Waals surface area contributed by atoms with E-state index in [4.69, 9.17) is 0 Å². The molecule has 0 aliphatic heterocycles. The fraction of sp³-hybridized carbons (Fsp3) is 0.500. The van der Waals surface area contributed by atoms with Crippen molar-refractivity contribution in [1.29, 1.82) is 0 Å². The predicted octanol–water partition coefficient (Wildman–Crippen LogP) is 2.82. The Morgan fingerprint density at radius 3 is 2.64 bits per heavy atom. The summed E-state index contributed by atoms with van der Waals surface area (Å²) in [5.41, 5.74) is 0.703. The second-order valence-electron chi connectivity index (χ2n) is 6.20. The molecule has 7 heteroatoms. The number of carbonyl (C=O) groups excluding carboxylic acids is 1. The molecule has 0 atom stereocenters. The Balaban J connectivity index is 1.87. The molecule has 4 nitrogen and oxygen atoms in total. The second-order valence-corrected chi connectivity index (χ2v) is 6.20. The number of rotatable bonds is 4. The van der Waals surface area contributed by atoms with Crippen molar-refractivity contribution in [2.75, 3.05) is 18.4 Å². The van der Waals surface area contributed by atoms with Crippen molar-refractivity contribution in [3.05, 3.63) is 29.8 Å². The first kappa shape index (κ1) is 19.1. The number of halogens is 3. The third-order valence-corrected chi connectivity index (χ3v) is 4.10. The van der Waals surface area contributed by atoms with Crippen LogP contribution in [-0.4, -0.2) is 35.9 Å². The summed E-state index contributed by atoms with van der Waals surface area (Å²) in [7, 11) is 0. The van der Waals surface area contributed by atoms with Crippen molar-refractivity contribution in [2.24, 2.45) is 0 Å². The van der Waals surface area contributed by atoms with Crippen LogP contribution in [-0.2, 0) is 4.79 Å². The molecule has 1 aromatic rings. The van der Waals surface area contributed by atoms with Gasteiger partial charge in [-0.2, -0.15) is 13.2 Å². The molecule has 1 fully saturated rings. The topological polar surface area (TPSA) is 61.4 Å². The summed E-state index contributed by atoms with van der Waals surface area (Å²) in [6.07, 6.45) is -0.152. The number of aliphatic hydroxyl groups is 1. The molecule has 0 unspecified atom stereocenters. The molecule has 1 aromatic carbocycles. The number of benzene rings is 1. The van der Waals surface area contributed by atoms with Gasteiger partial charge in [-0.25, -0.2) is 0 Å². The average molecular weight is 354 g/mol. The quantitative estimate of drug-likeness (QED) is 0.729. The summed E-state index contributed by atoms with van der Waals surface area (Å²) in [6.45, 7) is 0.0707. The minimum absolute atomic E-state index is 0.379. The maximum atomic E-state index is 12.0. The maximum Gasteiger partial charge on any atom is 0.471 e. The Morgan fingerprint density at radius 1 is 1.24 bits per heavy atom. The molecule has 3 N–H and O–H groups in total. The van der Waals surface area contributed by atoms with Crippen LogP contribution in [0.4, 0.5) is 18.9 Å². The normalized spacial score (nSPS) is 16.5. The molecule has 0 spiro atoms. The van der Waals surface area contributed by atoms with Gasteiger partial charge in [0, 0.05) is 17.8 Å². The molecule has 136 valence electrons. The molecule has 25 heavy (non-hydrogen) atoms. The zero-order valence-electron chi connectivity index (χ0n) is 13.7. The van der Waals surface area contributed by atoms with E-state index in [9.17, 15) is 23.1 Å². The number of nitrogens with one attached hydrogen (secondary N) is 2. The van der Waals surface area contributed by atoms with E-state index in [-0.39, 0.29) is 6.54 Å². The first-order valence-electron chi connectivity index (χ1n) is 8.19. The molecule has 0 radical (unpaired) electrons. The Bertz CT molecular complexity index is 656. The fourth-order valence-electron chi connectivity index (χ4n) is 2.73. The third-order valence-electron chi connectivity index (χ3n) is 4.10. The van der Waals surface area contributed by atoms with E-state index in [2.05, 4.69) is 17.2 Å². The standard InChI is InChI=1S/C18H21F3N2O2/c19-18(20,21)16(24)22-11-5-7-14-6-4-8-15(12-14)23-13-17(25)9-2-1-3-10-17/h4,6,8,12,23,25H,1-3,9-11,13H2,(H,22,24). The number of hydrogen-bond acceptors (Lipinski definition) is 3. The predicted molar refractivity (Wildman–Crippen MR) is 88.9 cm³/mol. The first-order chi connectivity index (χ1) is 11.8. The molecule has 0 saturated heterocycles. The lowest BCUT2D eigenvalue weighted by Gasteiger charge is -2.32. The van der Waals surface area contributed by atoms with Gasteiger partial charge in [0.05, 0.1) is 12.1 Å². The van der Waals surface area contributed by atoms with E-state index in [0.717, 1.165) is 37.8 Å². The lowest BCUT2D eigenvalue weighted by Crippen LogP contribution is -2.38. The van der Waals surface area contributed by atoms with Crippen molar-refractivity contribution in [3.63, 3.8) is 0 Å². The molecule has 1 saturated carbocycles. The van der Waals surface area contributed by atoms with Crippen molar-refractivity contribution < 1.29 is 23.1 Å². The highest BCUT2D eigenvalue weighted by molar-refractivity contribution is 5.81. The van der Waals surface area contributed by atoms with E-state index >= 15 is 0 Å². The molecule has 2 rings (SSSR count). The first-order valence-corrected chi connectivity index (χ1v) is 8.19. The number of anilines is 1. The van der Waals surface area contributed by atoms with Gasteiger partial charge in [-0.15, -0.1) is 0 Å². The molecular weight excluding hydrogens is 333 g/mol. The van der Waals surface area contributed by atoms with Crippen LogP contribution < -0.4 is 10.6 Å². The Morgan fingerprint density at radius 2 is 1.96 bits per heavy atom. The number of alkyl halides is 3. The van der Waals surface area contributed by atoms with Gasteiger partial charge in [-0.05, 0) is 31.0 Å². The van der Waals surface area contributed by atoms with E-state index in [0.29, 0.717) is 12.1 Å². The van der Waals surface area contributed by atoms with E-state index in [1.54, 1.807) is 23.5 Å². The second kappa shape index (κ2) is 8.26. The molecule has 1 aliphatic carbocycles. The molecule has 1 amide bonds. The van der Waals surface area contributed by atoms with Crippen LogP contribution in [0.1, 0.15) is 37.7 Å². The summed E-state index contributed by atoms with van der Waals surface area (Å²) in [6, 6.07) is 7.08. The summed E-state index contributed by atoms with van der Waals surface area (Å²) < 4.78 is 36.1. The SMILES string of the molecule is O=C(NCC#Cc1cccc(NCC2(O)CCCCC2)c1)C(F)(F)F.